The number of benzene rings is 2. The van der Waals surface area contributed by atoms with Crippen LogP contribution in [0.5, 0.6) is 0 Å². The topological polar surface area (TPSA) is 108 Å². The molecule has 2 aromatic carbocycles. The summed E-state index contributed by atoms with van der Waals surface area (Å²) in [6.07, 6.45) is 0.652. The van der Waals surface area contributed by atoms with Crippen LogP contribution in [0.25, 0.3) is 0 Å². The van der Waals surface area contributed by atoms with Crippen molar-refractivity contribution in [2.45, 2.75) is 31.9 Å². The number of esters is 2. The van der Waals surface area contributed by atoms with Gasteiger partial charge in [0.2, 0.25) is 0 Å². The summed E-state index contributed by atoms with van der Waals surface area (Å²) in [6, 6.07) is 16.4. The van der Waals surface area contributed by atoms with Crippen LogP contribution in [-0.4, -0.2) is 30.6 Å². The van der Waals surface area contributed by atoms with Gasteiger partial charge in [0.1, 0.15) is 12.6 Å². The summed E-state index contributed by atoms with van der Waals surface area (Å²) >= 11 is 0. The maximum Gasteiger partial charge on any atom is 0.415 e. The van der Waals surface area contributed by atoms with Crippen LogP contribution in [0.2, 0.25) is 0 Å². The second kappa shape index (κ2) is 11.5. The van der Waals surface area contributed by atoms with E-state index >= 15 is 0 Å². The number of nitrogens with two attached hydrogens (primary N) is 1. The number of carbonyl (C=O) groups is 3. The number of ether oxygens (including phenoxy) is 2. The fraction of sp³-hybridized carbons (Fsp3) is 0.286. The van der Waals surface area contributed by atoms with Crippen LogP contribution >= 0.6 is 0 Å². The minimum Gasteiger partial charge on any atom is -0.459 e. The van der Waals surface area contributed by atoms with E-state index in [1.165, 1.54) is 12.1 Å². The molecule has 28 heavy (non-hydrogen) atoms. The summed E-state index contributed by atoms with van der Waals surface area (Å²) in [6.45, 7) is 0.565. The van der Waals surface area contributed by atoms with Crippen molar-refractivity contribution in [3.8, 4) is 0 Å². The van der Waals surface area contributed by atoms with Crippen molar-refractivity contribution < 1.29 is 23.9 Å². The van der Waals surface area contributed by atoms with E-state index in [0.29, 0.717) is 25.8 Å². The molecule has 0 fully saturated rings. The maximum atomic E-state index is 12.4. The van der Waals surface area contributed by atoms with Gasteiger partial charge in [0.05, 0.1) is 5.56 Å². The SMILES string of the molecule is NCCCC[C@H](NC(=O)OC(=O)c1ccccc1)C(=O)OCc1ccccc1. The zero-order valence-corrected chi connectivity index (χ0v) is 15.5. The third-order valence-corrected chi connectivity index (χ3v) is 3.94. The summed E-state index contributed by atoms with van der Waals surface area (Å²) in [5, 5.41) is 2.42. The molecule has 1 amide bonds. The quantitative estimate of drug-likeness (QED) is 0.391. The predicted octanol–water partition coefficient (Wildman–Crippen LogP) is 2.79. The van der Waals surface area contributed by atoms with Crippen molar-refractivity contribution in [2.75, 3.05) is 6.54 Å². The number of hydrogen-bond donors (Lipinski definition) is 2. The Bertz CT molecular complexity index is 765. The number of hydrogen-bond acceptors (Lipinski definition) is 6. The Morgan fingerprint density at radius 1 is 0.929 bits per heavy atom. The van der Waals surface area contributed by atoms with Crippen molar-refractivity contribution in [1.82, 2.24) is 5.32 Å². The van der Waals surface area contributed by atoms with Gasteiger partial charge in [0.25, 0.3) is 0 Å². The van der Waals surface area contributed by atoms with E-state index in [0.717, 1.165) is 5.56 Å². The molecule has 7 nitrogen and oxygen atoms in total. The molecule has 0 spiro atoms. The lowest BCUT2D eigenvalue weighted by Gasteiger charge is -2.17. The molecule has 148 valence electrons. The van der Waals surface area contributed by atoms with E-state index in [9.17, 15) is 14.4 Å². The minimum atomic E-state index is -0.997. The first-order valence-electron chi connectivity index (χ1n) is 9.08. The highest BCUT2D eigenvalue weighted by Gasteiger charge is 2.24. The van der Waals surface area contributed by atoms with Crippen LogP contribution in [0.3, 0.4) is 0 Å². The molecule has 0 aliphatic carbocycles. The predicted molar refractivity (Wildman–Crippen MR) is 103 cm³/mol. The molecule has 0 unspecified atom stereocenters. The summed E-state index contributed by atoms with van der Waals surface area (Å²) in [5.41, 5.74) is 6.56. The minimum absolute atomic E-state index is 0.0900. The van der Waals surface area contributed by atoms with E-state index in [1.54, 1.807) is 18.2 Å². The largest absolute Gasteiger partial charge is 0.459 e. The van der Waals surface area contributed by atoms with Gasteiger partial charge in [-0.15, -0.1) is 0 Å². The normalized spacial score (nSPS) is 11.3. The lowest BCUT2D eigenvalue weighted by atomic mass is 10.1. The fourth-order valence-electron chi connectivity index (χ4n) is 2.46. The molecule has 0 radical (unpaired) electrons. The van der Waals surface area contributed by atoms with Crippen molar-refractivity contribution in [1.29, 1.82) is 0 Å². The Hall–Kier alpha value is -3.19. The molecule has 0 saturated carbocycles. The summed E-state index contributed by atoms with van der Waals surface area (Å²) in [4.78, 5) is 36.4. The first-order valence-corrected chi connectivity index (χ1v) is 9.08. The molecule has 0 aromatic heterocycles. The maximum absolute atomic E-state index is 12.4. The molecule has 0 bridgehead atoms. The van der Waals surface area contributed by atoms with Crippen molar-refractivity contribution in [2.24, 2.45) is 5.73 Å². The van der Waals surface area contributed by atoms with Gasteiger partial charge < -0.3 is 20.5 Å². The third kappa shape index (κ3) is 7.20. The number of carbonyl (C=O) groups excluding carboxylic acids is 3. The molecule has 0 saturated heterocycles. The molecular weight excluding hydrogens is 360 g/mol. The van der Waals surface area contributed by atoms with Gasteiger partial charge in [-0.2, -0.15) is 0 Å². The molecule has 1 atom stereocenters. The highest BCUT2D eigenvalue weighted by molar-refractivity contribution is 5.97. The van der Waals surface area contributed by atoms with E-state index in [1.807, 2.05) is 30.3 Å². The number of nitrogens with one attached hydrogen (secondary N) is 1. The first-order chi connectivity index (χ1) is 13.6. The number of alkyl carbamates (subject to hydrolysis) is 1. The molecule has 0 heterocycles. The van der Waals surface area contributed by atoms with Crippen LogP contribution in [0.1, 0.15) is 35.2 Å². The molecule has 7 heteroatoms. The Morgan fingerprint density at radius 2 is 1.57 bits per heavy atom. The average molecular weight is 384 g/mol. The molecular formula is C21H24N2O5. The zero-order valence-electron chi connectivity index (χ0n) is 15.5. The van der Waals surface area contributed by atoms with Gasteiger partial charge in [-0.05, 0) is 43.5 Å². The van der Waals surface area contributed by atoms with Gasteiger partial charge in [-0.1, -0.05) is 48.5 Å². The lowest BCUT2D eigenvalue weighted by Crippen LogP contribution is -2.42. The third-order valence-electron chi connectivity index (χ3n) is 3.94. The van der Waals surface area contributed by atoms with Crippen LogP contribution in [0.15, 0.2) is 60.7 Å². The van der Waals surface area contributed by atoms with Crippen molar-refractivity contribution >= 4 is 18.0 Å². The van der Waals surface area contributed by atoms with Crippen molar-refractivity contribution in [3.05, 3.63) is 71.8 Å². The summed E-state index contributed by atoms with van der Waals surface area (Å²) in [5.74, 6) is -1.39. The lowest BCUT2D eigenvalue weighted by molar-refractivity contribution is -0.147. The van der Waals surface area contributed by atoms with Crippen LogP contribution < -0.4 is 11.1 Å². The number of amides is 1. The van der Waals surface area contributed by atoms with Gasteiger partial charge in [-0.3, -0.25) is 0 Å². The zero-order chi connectivity index (χ0) is 20.2. The van der Waals surface area contributed by atoms with Gasteiger partial charge in [0.15, 0.2) is 0 Å². The van der Waals surface area contributed by atoms with Gasteiger partial charge in [0, 0.05) is 0 Å². The molecule has 0 aliphatic rings. The summed E-state index contributed by atoms with van der Waals surface area (Å²) < 4.78 is 10.1. The highest BCUT2D eigenvalue weighted by atomic mass is 16.6. The smallest absolute Gasteiger partial charge is 0.415 e. The summed E-state index contributed by atoms with van der Waals surface area (Å²) in [7, 11) is 0. The Kier molecular flexibility index (Phi) is 8.68. The average Bonchev–Trinajstić information content (AvgIpc) is 2.72. The van der Waals surface area contributed by atoms with E-state index in [2.05, 4.69) is 5.32 Å². The molecule has 2 rings (SSSR count). The standard InChI is InChI=1S/C21H24N2O5/c22-14-8-7-13-18(20(25)27-15-16-9-3-1-4-10-16)23-21(26)28-19(24)17-11-5-2-6-12-17/h1-6,9-12,18H,7-8,13-15,22H2,(H,23,26)/t18-/m0/s1. The van der Waals surface area contributed by atoms with Gasteiger partial charge in [-0.25, -0.2) is 14.4 Å². The molecule has 3 N–H and O–H groups in total. The van der Waals surface area contributed by atoms with Crippen LogP contribution in [-0.2, 0) is 20.9 Å². The van der Waals surface area contributed by atoms with Gasteiger partial charge >= 0.3 is 18.0 Å². The monoisotopic (exact) mass is 384 g/mol. The van der Waals surface area contributed by atoms with E-state index in [-0.39, 0.29) is 12.2 Å². The van der Waals surface area contributed by atoms with Crippen LogP contribution in [0.4, 0.5) is 4.79 Å². The highest BCUT2D eigenvalue weighted by Crippen LogP contribution is 2.08. The Balaban J connectivity index is 1.91. The Labute approximate surface area is 163 Å². The molecule has 0 aliphatic heterocycles. The second-order valence-electron chi connectivity index (χ2n) is 6.12. The van der Waals surface area contributed by atoms with Crippen LogP contribution in [0, 0.1) is 0 Å². The fourth-order valence-corrected chi connectivity index (χ4v) is 2.46. The van der Waals surface area contributed by atoms with E-state index < -0.39 is 24.1 Å². The Morgan fingerprint density at radius 3 is 2.21 bits per heavy atom. The number of unbranched alkanes of at least 4 members (excludes halogenated alkanes) is 1. The first kappa shape index (κ1) is 21.1. The second-order valence-corrected chi connectivity index (χ2v) is 6.12. The van der Waals surface area contributed by atoms with E-state index in [4.69, 9.17) is 15.2 Å². The number of rotatable bonds is 9. The van der Waals surface area contributed by atoms with Crippen molar-refractivity contribution in [3.63, 3.8) is 0 Å². The molecule has 2 aromatic rings.